The average Bonchev–Trinajstić information content (AvgIpc) is 2.13. The van der Waals surface area contributed by atoms with Gasteiger partial charge in [-0.1, -0.05) is 0 Å². The molecular weight excluding hydrogens is 208 g/mol. The summed E-state index contributed by atoms with van der Waals surface area (Å²) in [5, 5.41) is 22.6. The van der Waals surface area contributed by atoms with Gasteiger partial charge in [0, 0.05) is 5.54 Å². The first-order chi connectivity index (χ1) is 7.25. The summed E-state index contributed by atoms with van der Waals surface area (Å²) in [7, 11) is 0. The third-order valence-electron chi connectivity index (χ3n) is 3.03. The van der Waals surface area contributed by atoms with Gasteiger partial charge in [-0.15, -0.1) is 0 Å². The molecule has 16 heavy (non-hydrogen) atoms. The Hall–Kier alpha value is -0.810. The van der Waals surface area contributed by atoms with Crippen LogP contribution in [0.4, 0.5) is 4.79 Å². The largest absolute Gasteiger partial charge is 0.465 e. The zero-order valence-electron chi connectivity index (χ0n) is 10.3. The maximum Gasteiger partial charge on any atom is 0.407 e. The Morgan fingerprint density at radius 3 is 2.25 bits per heavy atom. The third kappa shape index (κ3) is 3.35. The van der Waals surface area contributed by atoms with Gasteiger partial charge in [-0.2, -0.15) is 0 Å². The molecule has 5 nitrogen and oxygen atoms in total. The minimum absolute atomic E-state index is 0.188. The fourth-order valence-electron chi connectivity index (χ4n) is 1.94. The normalized spacial score (nSPS) is 20.5. The molecule has 0 spiro atoms. The van der Waals surface area contributed by atoms with E-state index in [1.54, 1.807) is 0 Å². The molecule has 5 heteroatoms. The summed E-state index contributed by atoms with van der Waals surface area (Å²) in [5.41, 5.74) is -1.36. The van der Waals surface area contributed by atoms with Crippen LogP contribution in [-0.4, -0.2) is 52.0 Å². The molecule has 0 atom stereocenters. The molecule has 1 rings (SSSR count). The van der Waals surface area contributed by atoms with Gasteiger partial charge in [0.25, 0.3) is 0 Å². The lowest BCUT2D eigenvalue weighted by Crippen LogP contribution is -2.56. The number of carboxylic acid groups (broad SMARTS) is 1. The minimum atomic E-state index is -0.973. The Morgan fingerprint density at radius 1 is 1.38 bits per heavy atom. The van der Waals surface area contributed by atoms with Gasteiger partial charge in [-0.25, -0.2) is 4.79 Å². The molecule has 0 saturated carbocycles. The summed E-state index contributed by atoms with van der Waals surface area (Å²) in [4.78, 5) is 12.5. The summed E-state index contributed by atoms with van der Waals surface area (Å²) in [6.45, 7) is 7.19. The molecule has 0 bridgehead atoms. The number of rotatable bonds is 2. The summed E-state index contributed by atoms with van der Waals surface area (Å²) in [6, 6.07) is 0. The van der Waals surface area contributed by atoms with E-state index in [0.29, 0.717) is 12.8 Å². The fraction of sp³-hybridized carbons (Fsp3) is 0.909. The number of hydrogen-bond acceptors (Lipinski definition) is 3. The highest BCUT2D eigenvalue weighted by Gasteiger charge is 2.37. The van der Waals surface area contributed by atoms with Crippen molar-refractivity contribution in [3.05, 3.63) is 0 Å². The van der Waals surface area contributed by atoms with E-state index in [-0.39, 0.29) is 6.54 Å². The van der Waals surface area contributed by atoms with E-state index >= 15 is 0 Å². The number of piperidine rings is 1. The molecular formula is C11H22N2O3. The highest BCUT2D eigenvalue weighted by Crippen LogP contribution is 2.24. The van der Waals surface area contributed by atoms with Gasteiger partial charge in [0.15, 0.2) is 0 Å². The topological polar surface area (TPSA) is 72.8 Å². The SMILES string of the molecule is CC(C)(C)N(CC1(O)CCNCC1)C(=O)O. The molecule has 0 aromatic rings. The Kier molecular flexibility index (Phi) is 3.80. The molecule has 0 aromatic heterocycles. The van der Waals surface area contributed by atoms with Gasteiger partial charge in [0.2, 0.25) is 0 Å². The van der Waals surface area contributed by atoms with Crippen LogP contribution in [0.3, 0.4) is 0 Å². The van der Waals surface area contributed by atoms with Crippen molar-refractivity contribution in [2.75, 3.05) is 19.6 Å². The van der Waals surface area contributed by atoms with Gasteiger partial charge in [0.1, 0.15) is 0 Å². The standard InChI is InChI=1S/C11H22N2O3/c1-10(2,3)13(9(14)15)8-11(16)4-6-12-7-5-11/h12,16H,4-8H2,1-3H3,(H,14,15). The van der Waals surface area contributed by atoms with Crippen molar-refractivity contribution in [3.63, 3.8) is 0 Å². The van der Waals surface area contributed by atoms with E-state index in [2.05, 4.69) is 5.32 Å². The molecule has 3 N–H and O–H groups in total. The molecule has 0 aliphatic carbocycles. The van der Waals surface area contributed by atoms with Crippen LogP contribution in [0.1, 0.15) is 33.6 Å². The molecule has 1 aliphatic rings. The van der Waals surface area contributed by atoms with Crippen LogP contribution in [0.15, 0.2) is 0 Å². The molecule has 1 heterocycles. The molecule has 1 fully saturated rings. The van der Waals surface area contributed by atoms with Gasteiger partial charge in [-0.05, 0) is 46.7 Å². The predicted molar refractivity (Wildman–Crippen MR) is 61.5 cm³/mol. The van der Waals surface area contributed by atoms with E-state index in [4.69, 9.17) is 5.11 Å². The van der Waals surface area contributed by atoms with Crippen molar-refractivity contribution in [3.8, 4) is 0 Å². The van der Waals surface area contributed by atoms with Crippen molar-refractivity contribution in [1.29, 1.82) is 0 Å². The van der Waals surface area contributed by atoms with Gasteiger partial charge >= 0.3 is 6.09 Å². The lowest BCUT2D eigenvalue weighted by Gasteiger charge is -2.41. The zero-order valence-corrected chi connectivity index (χ0v) is 10.3. The van der Waals surface area contributed by atoms with E-state index in [9.17, 15) is 9.90 Å². The second-order valence-electron chi connectivity index (χ2n) is 5.51. The van der Waals surface area contributed by atoms with Gasteiger partial charge < -0.3 is 20.4 Å². The molecule has 0 unspecified atom stereocenters. The first-order valence-electron chi connectivity index (χ1n) is 5.68. The van der Waals surface area contributed by atoms with E-state index in [1.165, 1.54) is 4.90 Å². The summed E-state index contributed by atoms with van der Waals surface area (Å²) in [5.74, 6) is 0. The Bertz CT molecular complexity index is 254. The van der Waals surface area contributed by atoms with Crippen molar-refractivity contribution in [1.82, 2.24) is 10.2 Å². The van der Waals surface area contributed by atoms with Crippen LogP contribution < -0.4 is 5.32 Å². The third-order valence-corrected chi connectivity index (χ3v) is 3.03. The number of nitrogens with zero attached hydrogens (tertiary/aromatic N) is 1. The number of hydrogen-bond donors (Lipinski definition) is 3. The molecule has 0 aromatic carbocycles. The Morgan fingerprint density at radius 2 is 1.88 bits per heavy atom. The maximum absolute atomic E-state index is 11.2. The lowest BCUT2D eigenvalue weighted by atomic mass is 9.90. The monoisotopic (exact) mass is 230 g/mol. The quantitative estimate of drug-likeness (QED) is 0.658. The van der Waals surface area contributed by atoms with Crippen LogP contribution in [0.2, 0.25) is 0 Å². The van der Waals surface area contributed by atoms with E-state index < -0.39 is 17.2 Å². The molecule has 0 radical (unpaired) electrons. The second kappa shape index (κ2) is 4.59. The van der Waals surface area contributed by atoms with E-state index in [1.807, 2.05) is 20.8 Å². The fourth-order valence-corrected chi connectivity index (χ4v) is 1.94. The molecule has 1 aliphatic heterocycles. The van der Waals surface area contributed by atoms with Crippen molar-refractivity contribution in [2.24, 2.45) is 0 Å². The van der Waals surface area contributed by atoms with Gasteiger partial charge in [0.05, 0.1) is 12.1 Å². The van der Waals surface area contributed by atoms with Crippen molar-refractivity contribution >= 4 is 6.09 Å². The number of amides is 1. The molecule has 1 saturated heterocycles. The van der Waals surface area contributed by atoms with Crippen LogP contribution in [-0.2, 0) is 0 Å². The smallest absolute Gasteiger partial charge is 0.407 e. The molecule has 94 valence electrons. The Balaban J connectivity index is 2.71. The number of nitrogens with one attached hydrogen (secondary N) is 1. The number of aliphatic hydroxyl groups is 1. The van der Waals surface area contributed by atoms with E-state index in [0.717, 1.165) is 13.1 Å². The maximum atomic E-state index is 11.2. The highest BCUT2D eigenvalue weighted by molar-refractivity contribution is 5.66. The summed E-state index contributed by atoms with van der Waals surface area (Å²) in [6.07, 6.45) is 0.235. The number of β-amino-alcohol motifs (C(OH)–C–C–N with tert-alkyl or cyclic N) is 1. The zero-order chi connectivity index (χ0) is 12.4. The van der Waals surface area contributed by atoms with Crippen LogP contribution >= 0.6 is 0 Å². The minimum Gasteiger partial charge on any atom is -0.465 e. The first-order valence-corrected chi connectivity index (χ1v) is 5.68. The number of carbonyl (C=O) groups is 1. The Labute approximate surface area is 96.4 Å². The second-order valence-corrected chi connectivity index (χ2v) is 5.51. The average molecular weight is 230 g/mol. The van der Waals surface area contributed by atoms with Crippen molar-refractivity contribution < 1.29 is 15.0 Å². The van der Waals surface area contributed by atoms with Crippen LogP contribution in [0, 0.1) is 0 Å². The summed E-state index contributed by atoms with van der Waals surface area (Å²) >= 11 is 0. The lowest BCUT2D eigenvalue weighted by molar-refractivity contribution is -0.0350. The molecule has 1 amide bonds. The predicted octanol–water partition coefficient (Wildman–Crippen LogP) is 0.879. The van der Waals surface area contributed by atoms with Gasteiger partial charge in [-0.3, -0.25) is 0 Å². The summed E-state index contributed by atoms with van der Waals surface area (Å²) < 4.78 is 0. The first kappa shape index (κ1) is 13.3. The highest BCUT2D eigenvalue weighted by atomic mass is 16.4. The van der Waals surface area contributed by atoms with Crippen LogP contribution in [0.5, 0.6) is 0 Å². The van der Waals surface area contributed by atoms with Crippen molar-refractivity contribution in [2.45, 2.75) is 44.8 Å². The van der Waals surface area contributed by atoms with Crippen LogP contribution in [0.25, 0.3) is 0 Å².